The van der Waals surface area contributed by atoms with Gasteiger partial charge >= 0.3 is 5.97 Å². The molecule has 0 fully saturated rings. The van der Waals surface area contributed by atoms with Crippen molar-refractivity contribution in [2.24, 2.45) is 0 Å². The van der Waals surface area contributed by atoms with Gasteiger partial charge in [0, 0.05) is 10.9 Å². The van der Waals surface area contributed by atoms with Crippen LogP contribution in [0.15, 0.2) is 18.2 Å². The van der Waals surface area contributed by atoms with Gasteiger partial charge in [0.1, 0.15) is 0 Å². The number of anilines is 1. The van der Waals surface area contributed by atoms with Crippen molar-refractivity contribution >= 4 is 44.9 Å². The molecule has 0 aliphatic rings. The maximum atomic E-state index is 11.9. The predicted molar refractivity (Wildman–Crippen MR) is 80.2 cm³/mol. The van der Waals surface area contributed by atoms with Crippen LogP contribution >= 0.6 is 23.2 Å². The third kappa shape index (κ3) is 5.19. The molecule has 0 saturated carbocycles. The first kappa shape index (κ1) is 17.1. The fourth-order valence-corrected chi connectivity index (χ4v) is 3.05. The molecule has 0 bridgehead atoms. The fraction of sp³-hybridized carbons (Fsp3) is 0.417. The molecule has 1 aromatic carbocycles. The second kappa shape index (κ2) is 7.71. The summed E-state index contributed by atoms with van der Waals surface area (Å²) in [6.45, 7) is 0. The van der Waals surface area contributed by atoms with Crippen LogP contribution in [0.5, 0.6) is 0 Å². The van der Waals surface area contributed by atoms with Gasteiger partial charge in [0.15, 0.2) is 0 Å². The van der Waals surface area contributed by atoms with Crippen molar-refractivity contribution in [2.45, 2.75) is 12.8 Å². The number of esters is 1. The molecule has 0 saturated heterocycles. The smallest absolute Gasteiger partial charge is 0.339 e. The van der Waals surface area contributed by atoms with Gasteiger partial charge in [-0.1, -0.05) is 11.6 Å². The Balaban J connectivity index is 2.95. The summed E-state index contributed by atoms with van der Waals surface area (Å²) in [6.07, 6.45) is 1.04. The highest BCUT2D eigenvalue weighted by Gasteiger charge is 2.17. The fourth-order valence-electron chi connectivity index (χ4n) is 1.49. The van der Waals surface area contributed by atoms with Gasteiger partial charge in [-0.3, -0.25) is 4.72 Å². The number of hydrogen-bond acceptors (Lipinski definition) is 4. The van der Waals surface area contributed by atoms with Crippen molar-refractivity contribution in [1.82, 2.24) is 0 Å². The molecule has 112 valence electrons. The standard InChI is InChI=1S/C12H15Cl2NO4S/c1-19-12(16)10-5-4-9(14)8-11(10)15-20(17,18)7-3-2-6-13/h4-5,8,15H,2-3,6-7H2,1H3. The molecule has 8 heteroatoms. The first-order valence-electron chi connectivity index (χ1n) is 5.84. The van der Waals surface area contributed by atoms with E-state index in [2.05, 4.69) is 9.46 Å². The topological polar surface area (TPSA) is 72.5 Å². The van der Waals surface area contributed by atoms with Crippen LogP contribution in [-0.4, -0.2) is 33.1 Å². The van der Waals surface area contributed by atoms with E-state index in [9.17, 15) is 13.2 Å². The minimum atomic E-state index is -3.56. The van der Waals surface area contributed by atoms with Gasteiger partial charge < -0.3 is 4.74 Å². The summed E-state index contributed by atoms with van der Waals surface area (Å²) in [5.41, 5.74) is 0.216. The van der Waals surface area contributed by atoms with Crippen LogP contribution in [0, 0.1) is 0 Å². The first-order chi connectivity index (χ1) is 9.39. The second-order valence-electron chi connectivity index (χ2n) is 4.00. The zero-order valence-corrected chi connectivity index (χ0v) is 13.2. The number of alkyl halides is 1. The molecule has 0 aliphatic heterocycles. The summed E-state index contributed by atoms with van der Waals surface area (Å²) in [6, 6.07) is 4.26. The lowest BCUT2D eigenvalue weighted by Gasteiger charge is -2.11. The number of hydrogen-bond donors (Lipinski definition) is 1. The SMILES string of the molecule is COC(=O)c1ccc(Cl)cc1NS(=O)(=O)CCCCCl. The van der Waals surface area contributed by atoms with E-state index in [1.54, 1.807) is 0 Å². The summed E-state index contributed by atoms with van der Waals surface area (Å²) in [5, 5.41) is 0.316. The van der Waals surface area contributed by atoms with Crippen molar-refractivity contribution in [3.63, 3.8) is 0 Å². The van der Waals surface area contributed by atoms with Gasteiger partial charge in [0.2, 0.25) is 10.0 Å². The number of rotatable bonds is 7. The Bertz CT molecular complexity index is 575. The third-order valence-electron chi connectivity index (χ3n) is 2.45. The molecule has 0 unspecified atom stereocenters. The largest absolute Gasteiger partial charge is 0.465 e. The highest BCUT2D eigenvalue weighted by atomic mass is 35.5. The van der Waals surface area contributed by atoms with Gasteiger partial charge in [-0.15, -0.1) is 11.6 Å². The van der Waals surface area contributed by atoms with Gasteiger partial charge in [0.05, 0.1) is 24.1 Å². The summed E-state index contributed by atoms with van der Waals surface area (Å²) >= 11 is 11.3. The van der Waals surface area contributed by atoms with Crippen LogP contribution in [0.1, 0.15) is 23.2 Å². The Morgan fingerprint density at radius 2 is 2.05 bits per heavy atom. The number of unbranched alkanes of at least 4 members (excludes halogenated alkanes) is 1. The zero-order valence-electron chi connectivity index (χ0n) is 10.9. The van der Waals surface area contributed by atoms with E-state index in [-0.39, 0.29) is 17.0 Å². The molecule has 0 amide bonds. The van der Waals surface area contributed by atoms with Crippen molar-refractivity contribution in [3.8, 4) is 0 Å². The van der Waals surface area contributed by atoms with Gasteiger partial charge in [-0.25, -0.2) is 13.2 Å². The highest BCUT2D eigenvalue weighted by molar-refractivity contribution is 7.92. The van der Waals surface area contributed by atoms with E-state index in [4.69, 9.17) is 23.2 Å². The quantitative estimate of drug-likeness (QED) is 0.471. The lowest BCUT2D eigenvalue weighted by atomic mass is 10.2. The first-order valence-corrected chi connectivity index (χ1v) is 8.40. The number of methoxy groups -OCH3 is 1. The molecule has 5 nitrogen and oxygen atoms in total. The summed E-state index contributed by atoms with van der Waals surface area (Å²) in [4.78, 5) is 11.6. The summed E-state index contributed by atoms with van der Waals surface area (Å²) in [5.74, 6) is -0.312. The van der Waals surface area contributed by atoms with Crippen molar-refractivity contribution in [2.75, 3.05) is 23.5 Å². The number of benzene rings is 1. The van der Waals surface area contributed by atoms with Crippen molar-refractivity contribution in [3.05, 3.63) is 28.8 Å². The van der Waals surface area contributed by atoms with E-state index in [0.29, 0.717) is 23.7 Å². The normalized spacial score (nSPS) is 11.2. The van der Waals surface area contributed by atoms with Gasteiger partial charge in [-0.05, 0) is 31.0 Å². The van der Waals surface area contributed by atoms with Crippen LogP contribution in [0.3, 0.4) is 0 Å². The molecule has 0 spiro atoms. The molecular formula is C12H15Cl2NO4S. The minimum absolute atomic E-state index is 0.0765. The monoisotopic (exact) mass is 339 g/mol. The number of halogens is 2. The van der Waals surface area contributed by atoms with Crippen LogP contribution in [0.2, 0.25) is 5.02 Å². The lowest BCUT2D eigenvalue weighted by Crippen LogP contribution is -2.19. The molecule has 1 aromatic rings. The van der Waals surface area contributed by atoms with E-state index < -0.39 is 16.0 Å². The summed E-state index contributed by atoms with van der Waals surface area (Å²) < 4.78 is 30.7. The Morgan fingerprint density at radius 1 is 1.35 bits per heavy atom. The summed E-state index contributed by atoms with van der Waals surface area (Å²) in [7, 11) is -2.34. The molecule has 20 heavy (non-hydrogen) atoms. The Hall–Kier alpha value is -0.980. The Labute approximate surface area is 128 Å². The minimum Gasteiger partial charge on any atom is -0.465 e. The van der Waals surface area contributed by atoms with Crippen LogP contribution in [0.4, 0.5) is 5.69 Å². The maximum absolute atomic E-state index is 11.9. The number of sulfonamides is 1. The average molecular weight is 340 g/mol. The average Bonchev–Trinajstić information content (AvgIpc) is 2.37. The highest BCUT2D eigenvalue weighted by Crippen LogP contribution is 2.23. The van der Waals surface area contributed by atoms with Crippen LogP contribution in [0.25, 0.3) is 0 Å². The van der Waals surface area contributed by atoms with E-state index in [0.717, 1.165) is 0 Å². The molecular weight excluding hydrogens is 325 g/mol. The van der Waals surface area contributed by atoms with E-state index in [1.807, 2.05) is 0 Å². The lowest BCUT2D eigenvalue weighted by molar-refractivity contribution is 0.0602. The van der Waals surface area contributed by atoms with Crippen LogP contribution < -0.4 is 4.72 Å². The molecule has 0 aliphatic carbocycles. The molecule has 0 atom stereocenters. The number of nitrogens with one attached hydrogen (secondary N) is 1. The second-order valence-corrected chi connectivity index (χ2v) is 6.65. The Kier molecular flexibility index (Phi) is 6.58. The zero-order chi connectivity index (χ0) is 15.2. The predicted octanol–water partition coefficient (Wildman–Crippen LogP) is 2.89. The molecule has 0 heterocycles. The molecule has 1 N–H and O–H groups in total. The van der Waals surface area contributed by atoms with Crippen molar-refractivity contribution < 1.29 is 17.9 Å². The van der Waals surface area contributed by atoms with E-state index in [1.165, 1.54) is 25.3 Å². The third-order valence-corrected chi connectivity index (χ3v) is 4.31. The number of carbonyl (C=O) groups is 1. The van der Waals surface area contributed by atoms with Crippen LogP contribution in [-0.2, 0) is 14.8 Å². The number of carbonyl (C=O) groups excluding carboxylic acids is 1. The Morgan fingerprint density at radius 3 is 2.65 bits per heavy atom. The van der Waals surface area contributed by atoms with Gasteiger partial charge in [0.25, 0.3) is 0 Å². The van der Waals surface area contributed by atoms with Crippen molar-refractivity contribution in [1.29, 1.82) is 0 Å². The maximum Gasteiger partial charge on any atom is 0.339 e. The van der Waals surface area contributed by atoms with E-state index >= 15 is 0 Å². The van der Waals surface area contributed by atoms with Gasteiger partial charge in [-0.2, -0.15) is 0 Å². The molecule has 0 radical (unpaired) electrons. The molecule has 0 aromatic heterocycles. The number of ether oxygens (including phenoxy) is 1. The molecule has 1 rings (SSSR count).